The summed E-state index contributed by atoms with van der Waals surface area (Å²) >= 11 is 0. The molecule has 102 valence electrons. The molecule has 3 nitrogen and oxygen atoms in total. The number of aromatic carboxylic acids is 1. The Bertz CT molecular complexity index is 643. The normalized spacial score (nSPS) is 11.2. The summed E-state index contributed by atoms with van der Waals surface area (Å²) in [6, 6.07) is 14.7. The summed E-state index contributed by atoms with van der Waals surface area (Å²) in [5, 5.41) is 9.35. The molecule has 0 bridgehead atoms. The van der Waals surface area contributed by atoms with E-state index in [1.165, 1.54) is 0 Å². The van der Waals surface area contributed by atoms with Crippen LogP contribution in [0.25, 0.3) is 5.57 Å². The van der Waals surface area contributed by atoms with E-state index in [4.69, 9.17) is 4.74 Å². The van der Waals surface area contributed by atoms with E-state index >= 15 is 0 Å². The fourth-order valence-corrected chi connectivity index (χ4v) is 2.16. The number of hydrogen-bond acceptors (Lipinski definition) is 2. The highest BCUT2D eigenvalue weighted by molar-refractivity contribution is 5.97. The summed E-state index contributed by atoms with van der Waals surface area (Å²) in [6.45, 7) is 1.90. The molecule has 0 saturated heterocycles. The second-order valence-corrected chi connectivity index (χ2v) is 4.29. The van der Waals surface area contributed by atoms with Crippen molar-refractivity contribution in [3.63, 3.8) is 0 Å². The smallest absolute Gasteiger partial charge is 0.336 e. The van der Waals surface area contributed by atoms with E-state index in [2.05, 4.69) is 0 Å². The Labute approximate surface area is 118 Å². The molecule has 0 aliphatic heterocycles. The quantitative estimate of drug-likeness (QED) is 0.916. The van der Waals surface area contributed by atoms with E-state index in [0.717, 1.165) is 11.1 Å². The zero-order chi connectivity index (χ0) is 14.5. The van der Waals surface area contributed by atoms with E-state index in [0.29, 0.717) is 11.3 Å². The van der Waals surface area contributed by atoms with E-state index in [1.54, 1.807) is 25.3 Å². The first kappa shape index (κ1) is 13.9. The lowest BCUT2D eigenvalue weighted by Gasteiger charge is -2.12. The van der Waals surface area contributed by atoms with Crippen molar-refractivity contribution in [3.8, 4) is 5.75 Å². The molecular weight excluding hydrogens is 252 g/mol. The number of rotatable bonds is 4. The number of hydrogen-bond donors (Lipinski definition) is 1. The lowest BCUT2D eigenvalue weighted by molar-refractivity contribution is 0.0696. The molecular formula is C17H16O3. The molecule has 2 aromatic rings. The Morgan fingerprint density at radius 2 is 1.80 bits per heavy atom. The molecule has 0 saturated carbocycles. The molecule has 2 rings (SSSR count). The molecule has 0 aromatic heterocycles. The van der Waals surface area contributed by atoms with Crippen LogP contribution in [-0.2, 0) is 0 Å². The van der Waals surface area contributed by atoms with Crippen molar-refractivity contribution in [1.29, 1.82) is 0 Å². The van der Waals surface area contributed by atoms with Crippen molar-refractivity contribution < 1.29 is 14.6 Å². The van der Waals surface area contributed by atoms with Crippen LogP contribution in [0.15, 0.2) is 54.6 Å². The Balaban J connectivity index is 2.62. The lowest BCUT2D eigenvalue weighted by Crippen LogP contribution is -2.03. The van der Waals surface area contributed by atoms with Crippen LogP contribution in [0.2, 0.25) is 0 Å². The third-order valence-corrected chi connectivity index (χ3v) is 3.12. The van der Waals surface area contributed by atoms with Gasteiger partial charge in [0.25, 0.3) is 0 Å². The van der Waals surface area contributed by atoms with Crippen molar-refractivity contribution >= 4 is 11.5 Å². The topological polar surface area (TPSA) is 46.5 Å². The van der Waals surface area contributed by atoms with Gasteiger partial charge in [0.2, 0.25) is 0 Å². The standard InChI is InChI=1S/C17H16O3/c1-3-14(12-7-5-4-6-8-12)16-11-13(20-2)9-10-15(16)17(18)19/h3-11H,1-2H3,(H,18,19)/b14-3+. The number of carboxylic acids is 1. The Hall–Kier alpha value is -2.55. The van der Waals surface area contributed by atoms with Crippen LogP contribution in [0.4, 0.5) is 0 Å². The Morgan fingerprint density at radius 3 is 2.35 bits per heavy atom. The molecule has 0 aliphatic rings. The maximum atomic E-state index is 11.4. The van der Waals surface area contributed by atoms with Gasteiger partial charge < -0.3 is 9.84 Å². The molecule has 0 spiro atoms. The van der Waals surface area contributed by atoms with Crippen molar-refractivity contribution in [2.24, 2.45) is 0 Å². The van der Waals surface area contributed by atoms with Crippen molar-refractivity contribution in [3.05, 3.63) is 71.3 Å². The van der Waals surface area contributed by atoms with Gasteiger partial charge in [-0.25, -0.2) is 4.79 Å². The van der Waals surface area contributed by atoms with Crippen molar-refractivity contribution in [1.82, 2.24) is 0 Å². The molecule has 0 fully saturated rings. The van der Waals surface area contributed by atoms with Gasteiger partial charge in [0.15, 0.2) is 0 Å². The van der Waals surface area contributed by atoms with Gasteiger partial charge in [-0.2, -0.15) is 0 Å². The molecule has 0 radical (unpaired) electrons. The van der Waals surface area contributed by atoms with E-state index < -0.39 is 5.97 Å². The predicted octanol–water partition coefficient (Wildman–Crippen LogP) is 3.85. The van der Waals surface area contributed by atoms with Crippen LogP contribution in [-0.4, -0.2) is 18.2 Å². The zero-order valence-corrected chi connectivity index (χ0v) is 11.5. The van der Waals surface area contributed by atoms with Gasteiger partial charge in [-0.05, 0) is 36.3 Å². The number of benzene rings is 2. The van der Waals surface area contributed by atoms with Gasteiger partial charge >= 0.3 is 5.97 Å². The van der Waals surface area contributed by atoms with Crippen LogP contribution < -0.4 is 4.74 Å². The first-order chi connectivity index (χ1) is 9.67. The summed E-state index contributed by atoms with van der Waals surface area (Å²) < 4.78 is 5.20. The molecule has 0 amide bonds. The van der Waals surface area contributed by atoms with Gasteiger partial charge in [-0.1, -0.05) is 36.4 Å². The van der Waals surface area contributed by atoms with Gasteiger partial charge in [0.1, 0.15) is 5.75 Å². The Morgan fingerprint density at radius 1 is 1.10 bits per heavy atom. The van der Waals surface area contributed by atoms with Crippen LogP contribution in [0.5, 0.6) is 5.75 Å². The molecule has 0 heterocycles. The average molecular weight is 268 g/mol. The third-order valence-electron chi connectivity index (χ3n) is 3.12. The molecule has 3 heteroatoms. The van der Waals surface area contributed by atoms with Crippen molar-refractivity contribution in [2.75, 3.05) is 7.11 Å². The first-order valence-corrected chi connectivity index (χ1v) is 6.30. The first-order valence-electron chi connectivity index (χ1n) is 6.30. The average Bonchev–Trinajstić information content (AvgIpc) is 2.48. The van der Waals surface area contributed by atoms with E-state index in [-0.39, 0.29) is 5.56 Å². The number of carboxylic acid groups (broad SMARTS) is 1. The second kappa shape index (κ2) is 6.06. The molecule has 0 aliphatic carbocycles. The third kappa shape index (κ3) is 2.72. The largest absolute Gasteiger partial charge is 0.497 e. The highest BCUT2D eigenvalue weighted by Gasteiger charge is 2.15. The van der Waals surface area contributed by atoms with E-state index in [9.17, 15) is 9.90 Å². The predicted molar refractivity (Wildman–Crippen MR) is 79.1 cm³/mol. The maximum absolute atomic E-state index is 11.4. The summed E-state index contributed by atoms with van der Waals surface area (Å²) in [5.41, 5.74) is 2.78. The monoisotopic (exact) mass is 268 g/mol. The minimum Gasteiger partial charge on any atom is -0.497 e. The van der Waals surface area contributed by atoms with Gasteiger partial charge in [0, 0.05) is 5.56 Å². The molecule has 20 heavy (non-hydrogen) atoms. The van der Waals surface area contributed by atoms with Gasteiger partial charge in [0.05, 0.1) is 12.7 Å². The van der Waals surface area contributed by atoms with Gasteiger partial charge in [-0.15, -0.1) is 0 Å². The minimum absolute atomic E-state index is 0.266. The molecule has 2 aromatic carbocycles. The number of allylic oxidation sites excluding steroid dienone is 1. The SMILES string of the molecule is C/C=C(\c1ccccc1)c1cc(OC)ccc1C(=O)O. The Kier molecular flexibility index (Phi) is 4.20. The highest BCUT2D eigenvalue weighted by atomic mass is 16.5. The fourth-order valence-electron chi connectivity index (χ4n) is 2.16. The van der Waals surface area contributed by atoms with Crippen LogP contribution in [0.3, 0.4) is 0 Å². The summed E-state index contributed by atoms with van der Waals surface area (Å²) in [5.74, 6) is -0.307. The number of ether oxygens (including phenoxy) is 1. The second-order valence-electron chi connectivity index (χ2n) is 4.29. The van der Waals surface area contributed by atoms with Gasteiger partial charge in [-0.3, -0.25) is 0 Å². The number of methoxy groups -OCH3 is 1. The van der Waals surface area contributed by atoms with Crippen LogP contribution >= 0.6 is 0 Å². The number of carbonyl (C=O) groups is 1. The minimum atomic E-state index is -0.946. The molecule has 0 atom stereocenters. The lowest BCUT2D eigenvalue weighted by atomic mass is 9.93. The van der Waals surface area contributed by atoms with Crippen molar-refractivity contribution in [2.45, 2.75) is 6.92 Å². The zero-order valence-electron chi connectivity index (χ0n) is 11.5. The van der Waals surface area contributed by atoms with Crippen LogP contribution in [0, 0.1) is 0 Å². The highest BCUT2D eigenvalue weighted by Crippen LogP contribution is 2.29. The molecule has 1 N–H and O–H groups in total. The maximum Gasteiger partial charge on any atom is 0.336 e. The summed E-state index contributed by atoms with van der Waals surface area (Å²) in [7, 11) is 1.57. The fraction of sp³-hybridized carbons (Fsp3) is 0.118. The summed E-state index contributed by atoms with van der Waals surface area (Å²) in [6.07, 6.45) is 1.91. The summed E-state index contributed by atoms with van der Waals surface area (Å²) in [4.78, 5) is 11.4. The van der Waals surface area contributed by atoms with E-state index in [1.807, 2.05) is 43.3 Å². The molecule has 0 unspecified atom stereocenters. The van der Waals surface area contributed by atoms with Crippen LogP contribution in [0.1, 0.15) is 28.4 Å².